The van der Waals surface area contributed by atoms with Crippen LogP contribution in [0.3, 0.4) is 0 Å². The van der Waals surface area contributed by atoms with Crippen LogP contribution >= 0.6 is 0 Å². The number of hydrogen-bond acceptors (Lipinski definition) is 3. The number of carbonyl (C=O) groups is 1. The van der Waals surface area contributed by atoms with Crippen LogP contribution in [-0.4, -0.2) is 73.0 Å². The lowest BCUT2D eigenvalue weighted by atomic mass is 9.88. The predicted molar refractivity (Wildman–Crippen MR) is 103 cm³/mol. The molecule has 0 bridgehead atoms. The van der Waals surface area contributed by atoms with E-state index in [1.165, 1.54) is 12.1 Å². The van der Waals surface area contributed by atoms with Crippen molar-refractivity contribution in [2.24, 2.45) is 5.92 Å². The summed E-state index contributed by atoms with van der Waals surface area (Å²) >= 11 is 0. The minimum Gasteiger partial charge on any atom is -0.342 e. The Kier molecular flexibility index (Phi) is 6.30. The second kappa shape index (κ2) is 8.49. The largest absolute Gasteiger partial charge is 0.342 e. The van der Waals surface area contributed by atoms with Crippen LogP contribution in [0.5, 0.6) is 0 Å². The molecule has 1 aromatic rings. The first-order valence-electron chi connectivity index (χ1n) is 9.89. The van der Waals surface area contributed by atoms with E-state index in [2.05, 4.69) is 23.8 Å². The van der Waals surface area contributed by atoms with E-state index < -0.39 is 0 Å². The van der Waals surface area contributed by atoms with Crippen LogP contribution < -0.4 is 0 Å². The Bertz CT molecular complexity index is 620. The molecule has 0 aliphatic carbocycles. The lowest BCUT2D eigenvalue weighted by Crippen LogP contribution is -2.52. The lowest BCUT2D eigenvalue weighted by Gasteiger charge is -2.42. The van der Waals surface area contributed by atoms with Crippen LogP contribution in [0.4, 0.5) is 4.39 Å². The topological polar surface area (TPSA) is 26.8 Å². The normalized spacial score (nSPS) is 21.8. The lowest BCUT2D eigenvalue weighted by molar-refractivity contribution is -0.132. The molecule has 1 amide bonds. The Morgan fingerprint density at radius 2 is 1.81 bits per heavy atom. The van der Waals surface area contributed by atoms with Crippen LogP contribution in [0.2, 0.25) is 0 Å². The third kappa shape index (κ3) is 4.63. The molecule has 3 rings (SSSR count). The average molecular weight is 362 g/mol. The maximum absolute atomic E-state index is 13.2. The molecule has 1 unspecified atom stereocenters. The Balaban J connectivity index is 1.49. The van der Waals surface area contributed by atoms with Gasteiger partial charge in [-0.15, -0.1) is 0 Å². The third-order valence-corrected chi connectivity index (χ3v) is 6.33. The molecule has 4 nitrogen and oxygen atoms in total. The Morgan fingerprint density at radius 1 is 1.15 bits per heavy atom. The zero-order valence-corrected chi connectivity index (χ0v) is 16.4. The standard InChI is InChI=1S/C21H32FN3O/c1-16-14-20(22)5-4-19(16)15-21(26)25-8-6-18(7-9-25)17(2)24-12-10-23(3)11-13-24/h4-5,14,17-18H,6-13,15H2,1-3H3. The molecule has 0 radical (unpaired) electrons. The number of likely N-dealkylation sites (N-methyl/N-ethyl adjacent to an activating group) is 1. The number of piperidine rings is 1. The van der Waals surface area contributed by atoms with Crippen molar-refractivity contribution >= 4 is 5.91 Å². The van der Waals surface area contributed by atoms with E-state index in [4.69, 9.17) is 0 Å². The van der Waals surface area contributed by atoms with Crippen LogP contribution in [0.25, 0.3) is 0 Å². The van der Waals surface area contributed by atoms with Gasteiger partial charge in [0, 0.05) is 45.3 Å². The van der Waals surface area contributed by atoms with E-state index in [1.807, 2.05) is 11.8 Å². The van der Waals surface area contributed by atoms with Crippen molar-refractivity contribution in [3.63, 3.8) is 0 Å². The molecule has 2 aliphatic rings. The monoisotopic (exact) mass is 361 g/mol. The summed E-state index contributed by atoms with van der Waals surface area (Å²) in [6, 6.07) is 5.29. The maximum Gasteiger partial charge on any atom is 0.226 e. The second-order valence-corrected chi connectivity index (χ2v) is 8.05. The molecule has 1 atom stereocenters. The highest BCUT2D eigenvalue weighted by molar-refractivity contribution is 5.79. The zero-order valence-electron chi connectivity index (χ0n) is 16.4. The Labute approximate surface area is 157 Å². The van der Waals surface area contributed by atoms with Gasteiger partial charge in [0.1, 0.15) is 5.82 Å². The van der Waals surface area contributed by atoms with Gasteiger partial charge in [-0.2, -0.15) is 0 Å². The van der Waals surface area contributed by atoms with Crippen molar-refractivity contribution in [3.05, 3.63) is 35.1 Å². The fourth-order valence-electron chi connectivity index (χ4n) is 4.29. The van der Waals surface area contributed by atoms with Crippen LogP contribution in [0.1, 0.15) is 30.9 Å². The summed E-state index contributed by atoms with van der Waals surface area (Å²) in [4.78, 5) is 19.6. The van der Waals surface area contributed by atoms with Crippen LogP contribution in [-0.2, 0) is 11.2 Å². The van der Waals surface area contributed by atoms with Gasteiger partial charge < -0.3 is 9.80 Å². The molecule has 2 aliphatic heterocycles. The molecule has 2 heterocycles. The van der Waals surface area contributed by atoms with Gasteiger partial charge >= 0.3 is 0 Å². The summed E-state index contributed by atoms with van der Waals surface area (Å²) in [5.74, 6) is 0.609. The van der Waals surface area contributed by atoms with Gasteiger partial charge in [-0.3, -0.25) is 9.69 Å². The van der Waals surface area contributed by atoms with Gasteiger partial charge in [0.05, 0.1) is 6.42 Å². The second-order valence-electron chi connectivity index (χ2n) is 8.05. The van der Waals surface area contributed by atoms with E-state index in [9.17, 15) is 9.18 Å². The first-order valence-corrected chi connectivity index (χ1v) is 9.89. The molecule has 5 heteroatoms. The number of piperazine rings is 1. The Morgan fingerprint density at radius 3 is 2.42 bits per heavy atom. The average Bonchev–Trinajstić information content (AvgIpc) is 2.64. The van der Waals surface area contributed by atoms with Crippen LogP contribution in [0, 0.1) is 18.7 Å². The summed E-state index contributed by atoms with van der Waals surface area (Å²) in [5, 5.41) is 0. The molecule has 0 saturated carbocycles. The van der Waals surface area contributed by atoms with Gasteiger partial charge in [0.2, 0.25) is 5.91 Å². The number of benzene rings is 1. The highest BCUT2D eigenvalue weighted by atomic mass is 19.1. The van der Waals surface area contributed by atoms with Crippen molar-refractivity contribution in [2.45, 2.75) is 39.2 Å². The quantitative estimate of drug-likeness (QED) is 0.825. The molecule has 0 spiro atoms. The van der Waals surface area contributed by atoms with Crippen molar-refractivity contribution < 1.29 is 9.18 Å². The van der Waals surface area contributed by atoms with Crippen molar-refractivity contribution in [1.29, 1.82) is 0 Å². The van der Waals surface area contributed by atoms with Crippen molar-refractivity contribution in [2.75, 3.05) is 46.3 Å². The van der Waals surface area contributed by atoms with E-state index in [-0.39, 0.29) is 11.7 Å². The minimum atomic E-state index is -0.239. The molecule has 26 heavy (non-hydrogen) atoms. The fourth-order valence-corrected chi connectivity index (χ4v) is 4.29. The first-order chi connectivity index (χ1) is 12.4. The molecule has 0 aromatic heterocycles. The molecule has 2 saturated heterocycles. The third-order valence-electron chi connectivity index (χ3n) is 6.33. The van der Waals surface area contributed by atoms with Crippen molar-refractivity contribution in [1.82, 2.24) is 14.7 Å². The van der Waals surface area contributed by atoms with Gasteiger partial charge in [-0.1, -0.05) is 6.07 Å². The SMILES string of the molecule is Cc1cc(F)ccc1CC(=O)N1CCC(C(C)N2CCN(C)CC2)CC1. The smallest absolute Gasteiger partial charge is 0.226 e. The van der Waals surface area contributed by atoms with Gasteiger partial charge in [0.25, 0.3) is 0 Å². The number of amides is 1. The van der Waals surface area contributed by atoms with Crippen molar-refractivity contribution in [3.8, 4) is 0 Å². The number of likely N-dealkylation sites (tertiary alicyclic amines) is 1. The van der Waals surface area contributed by atoms with Crippen LogP contribution in [0.15, 0.2) is 18.2 Å². The summed E-state index contributed by atoms with van der Waals surface area (Å²) < 4.78 is 13.2. The minimum absolute atomic E-state index is 0.172. The zero-order chi connectivity index (χ0) is 18.7. The van der Waals surface area contributed by atoms with Gasteiger partial charge in [-0.25, -0.2) is 4.39 Å². The fraction of sp³-hybridized carbons (Fsp3) is 0.667. The predicted octanol–water partition coefficient (Wildman–Crippen LogP) is 2.55. The van der Waals surface area contributed by atoms with Gasteiger partial charge in [0.15, 0.2) is 0 Å². The number of carbonyl (C=O) groups excluding carboxylic acids is 1. The summed E-state index contributed by atoms with van der Waals surface area (Å²) in [6.07, 6.45) is 2.55. The molecular weight excluding hydrogens is 329 g/mol. The molecular formula is C21H32FN3O. The number of hydrogen-bond donors (Lipinski definition) is 0. The number of nitrogens with zero attached hydrogens (tertiary/aromatic N) is 3. The Hall–Kier alpha value is -1.46. The van der Waals surface area contributed by atoms with E-state index >= 15 is 0 Å². The molecule has 2 fully saturated rings. The highest BCUT2D eigenvalue weighted by Crippen LogP contribution is 2.25. The van der Waals surface area contributed by atoms with Gasteiger partial charge in [-0.05, 0) is 62.9 Å². The first kappa shape index (κ1) is 19.3. The molecule has 0 N–H and O–H groups in total. The molecule has 144 valence electrons. The number of aryl methyl sites for hydroxylation is 1. The number of halogens is 1. The van der Waals surface area contributed by atoms with E-state index in [1.54, 1.807) is 6.07 Å². The van der Waals surface area contributed by atoms with E-state index in [0.717, 1.165) is 63.2 Å². The summed E-state index contributed by atoms with van der Waals surface area (Å²) in [6.45, 7) is 10.5. The summed E-state index contributed by atoms with van der Waals surface area (Å²) in [5.41, 5.74) is 1.79. The number of rotatable bonds is 4. The summed E-state index contributed by atoms with van der Waals surface area (Å²) in [7, 11) is 2.19. The highest BCUT2D eigenvalue weighted by Gasteiger charge is 2.30. The maximum atomic E-state index is 13.2. The molecule has 1 aromatic carbocycles. The van der Waals surface area contributed by atoms with E-state index in [0.29, 0.717) is 18.4 Å².